The zero-order valence-corrected chi connectivity index (χ0v) is 22.8. The number of hydrogen-bond acceptors (Lipinski definition) is 4. The molecule has 0 aromatic heterocycles. The molecule has 1 heterocycles. The second-order valence-corrected chi connectivity index (χ2v) is 10.8. The van der Waals surface area contributed by atoms with Gasteiger partial charge in [-0.25, -0.2) is 4.99 Å². The highest BCUT2D eigenvalue weighted by Gasteiger charge is 2.24. The third kappa shape index (κ3) is 5.86. The van der Waals surface area contributed by atoms with E-state index >= 15 is 0 Å². The van der Waals surface area contributed by atoms with Crippen molar-refractivity contribution in [1.82, 2.24) is 5.32 Å². The first-order valence-corrected chi connectivity index (χ1v) is 13.0. The number of carbonyl (C=O) groups is 1. The minimum absolute atomic E-state index is 0.148. The molecule has 1 fully saturated rings. The van der Waals surface area contributed by atoms with E-state index in [9.17, 15) is 4.79 Å². The molecule has 8 heteroatoms. The highest BCUT2D eigenvalue weighted by molar-refractivity contribution is 14.1. The van der Waals surface area contributed by atoms with Crippen LogP contribution in [-0.4, -0.2) is 11.1 Å². The maximum atomic E-state index is 12.4. The van der Waals surface area contributed by atoms with Gasteiger partial charge >= 0.3 is 0 Å². The van der Waals surface area contributed by atoms with E-state index in [1.165, 1.54) is 17.3 Å². The van der Waals surface area contributed by atoms with Crippen LogP contribution >= 0.6 is 68.5 Å². The molecule has 1 N–H and O–H groups in total. The van der Waals surface area contributed by atoms with Gasteiger partial charge in [-0.2, -0.15) is 0 Å². The molecule has 0 aliphatic carbocycles. The molecule has 4 rings (SSSR count). The lowest BCUT2D eigenvalue weighted by Gasteiger charge is -2.12. The van der Waals surface area contributed by atoms with Crippen molar-refractivity contribution in [2.75, 3.05) is 0 Å². The van der Waals surface area contributed by atoms with Crippen LogP contribution in [0, 0.1) is 14.1 Å². The predicted octanol–water partition coefficient (Wildman–Crippen LogP) is 7.33. The van der Waals surface area contributed by atoms with Gasteiger partial charge in [-0.15, -0.1) is 0 Å². The highest BCUT2D eigenvalue weighted by atomic mass is 127. The molecule has 3 aromatic carbocycles. The molecule has 1 amide bonds. The van der Waals surface area contributed by atoms with Gasteiger partial charge < -0.3 is 10.1 Å². The van der Waals surface area contributed by atoms with Crippen LogP contribution in [0.25, 0.3) is 6.08 Å². The third-order valence-corrected chi connectivity index (χ3v) is 7.44. The van der Waals surface area contributed by atoms with E-state index in [4.69, 9.17) is 16.3 Å². The standard InChI is InChI=1S/C24H17ClI2N2O2S/c1-14-6-8-17(9-7-14)28-24-29-23(30)21(32-24)12-15-10-19(26)22(20(27)11-15)31-13-16-4-2-3-5-18(16)25/h2-12H,13H2,1H3,(H,28,29,30)/b21-12+. The molecule has 4 nitrogen and oxygen atoms in total. The molecule has 0 radical (unpaired) electrons. The number of nitrogens with one attached hydrogen (secondary N) is 1. The van der Waals surface area contributed by atoms with Gasteiger partial charge in [0, 0.05) is 10.6 Å². The molecule has 3 aromatic rings. The number of ether oxygens (including phenoxy) is 1. The maximum absolute atomic E-state index is 12.4. The fraction of sp³-hybridized carbons (Fsp3) is 0.0833. The van der Waals surface area contributed by atoms with Crippen LogP contribution in [0.1, 0.15) is 16.7 Å². The Hall–Kier alpha value is -1.56. The highest BCUT2D eigenvalue weighted by Crippen LogP contribution is 2.33. The van der Waals surface area contributed by atoms with Crippen LogP contribution < -0.4 is 10.1 Å². The fourth-order valence-electron chi connectivity index (χ4n) is 2.93. The number of aryl methyl sites for hydroxylation is 1. The molecule has 0 atom stereocenters. The van der Waals surface area contributed by atoms with E-state index in [0.29, 0.717) is 21.7 Å². The SMILES string of the molecule is Cc1ccc(N=C2NC(=O)/C(=C\c3cc(I)c(OCc4ccccc4Cl)c(I)c3)S2)cc1. The molecule has 162 valence electrons. The Morgan fingerprint density at radius 3 is 2.47 bits per heavy atom. The van der Waals surface area contributed by atoms with Crippen molar-refractivity contribution in [3.05, 3.63) is 94.4 Å². The molecule has 0 unspecified atom stereocenters. The Kier molecular flexibility index (Phi) is 7.80. The number of thioether (sulfide) groups is 1. The van der Waals surface area contributed by atoms with Crippen LogP contribution in [0.3, 0.4) is 0 Å². The summed E-state index contributed by atoms with van der Waals surface area (Å²) in [6.45, 7) is 2.42. The van der Waals surface area contributed by atoms with E-state index < -0.39 is 0 Å². The van der Waals surface area contributed by atoms with Gasteiger partial charge in [0.15, 0.2) is 5.17 Å². The number of amides is 1. The number of aliphatic imine (C=N–C) groups is 1. The zero-order valence-electron chi connectivity index (χ0n) is 16.9. The maximum Gasteiger partial charge on any atom is 0.264 e. The van der Waals surface area contributed by atoms with Gasteiger partial charge in [0.25, 0.3) is 5.91 Å². The minimum Gasteiger partial charge on any atom is -0.487 e. The van der Waals surface area contributed by atoms with Gasteiger partial charge in [0.2, 0.25) is 0 Å². The van der Waals surface area contributed by atoms with Gasteiger partial charge in [-0.05, 0) is 106 Å². The lowest BCUT2D eigenvalue weighted by molar-refractivity contribution is -0.115. The summed E-state index contributed by atoms with van der Waals surface area (Å²) in [5.74, 6) is 0.656. The van der Waals surface area contributed by atoms with Crippen molar-refractivity contribution in [2.24, 2.45) is 4.99 Å². The van der Waals surface area contributed by atoms with E-state index in [2.05, 4.69) is 55.5 Å². The average Bonchev–Trinajstić information content (AvgIpc) is 3.09. The number of halogens is 3. The second-order valence-electron chi connectivity index (χ2n) is 7.01. The van der Waals surface area contributed by atoms with E-state index in [-0.39, 0.29) is 5.91 Å². The summed E-state index contributed by atoms with van der Waals surface area (Å²) in [5.41, 5.74) is 3.84. The fourth-order valence-corrected chi connectivity index (χ4v) is 6.09. The van der Waals surface area contributed by atoms with Crippen LogP contribution in [0.2, 0.25) is 5.02 Å². The molecule has 1 saturated heterocycles. The Labute approximate surface area is 223 Å². The number of rotatable bonds is 5. The van der Waals surface area contributed by atoms with Crippen molar-refractivity contribution in [2.45, 2.75) is 13.5 Å². The smallest absolute Gasteiger partial charge is 0.264 e. The van der Waals surface area contributed by atoms with Gasteiger partial charge in [0.05, 0.1) is 17.7 Å². The summed E-state index contributed by atoms with van der Waals surface area (Å²) in [6.07, 6.45) is 1.87. The van der Waals surface area contributed by atoms with Crippen molar-refractivity contribution in [1.29, 1.82) is 0 Å². The first kappa shape index (κ1) is 23.6. The van der Waals surface area contributed by atoms with Crippen molar-refractivity contribution >= 4 is 91.4 Å². The van der Waals surface area contributed by atoms with Crippen LogP contribution in [0.15, 0.2) is 70.6 Å². The first-order valence-electron chi connectivity index (χ1n) is 9.60. The molecular formula is C24H17ClI2N2O2S. The van der Waals surface area contributed by atoms with Crippen molar-refractivity contribution in [3.8, 4) is 5.75 Å². The third-order valence-electron chi connectivity index (χ3n) is 4.56. The monoisotopic (exact) mass is 686 g/mol. The van der Waals surface area contributed by atoms with Crippen molar-refractivity contribution < 1.29 is 9.53 Å². The summed E-state index contributed by atoms with van der Waals surface area (Å²) in [5, 5.41) is 4.10. The largest absolute Gasteiger partial charge is 0.487 e. The Bertz CT molecular complexity index is 1220. The number of amidine groups is 1. The summed E-state index contributed by atoms with van der Waals surface area (Å²) < 4.78 is 7.98. The molecule has 0 bridgehead atoms. The first-order chi connectivity index (χ1) is 15.4. The van der Waals surface area contributed by atoms with Gasteiger partial charge in [-0.1, -0.05) is 47.5 Å². The van der Waals surface area contributed by atoms with Gasteiger partial charge in [0.1, 0.15) is 12.4 Å². The van der Waals surface area contributed by atoms with Crippen LogP contribution in [0.5, 0.6) is 5.75 Å². The summed E-state index contributed by atoms with van der Waals surface area (Å²) >= 11 is 12.1. The second kappa shape index (κ2) is 10.6. The number of benzene rings is 3. The lowest BCUT2D eigenvalue weighted by atomic mass is 10.2. The molecule has 32 heavy (non-hydrogen) atoms. The Balaban J connectivity index is 1.51. The van der Waals surface area contributed by atoms with E-state index in [1.807, 2.05) is 73.7 Å². The number of carbonyl (C=O) groups excluding carboxylic acids is 1. The quantitative estimate of drug-likeness (QED) is 0.226. The summed E-state index contributed by atoms with van der Waals surface area (Å²) in [7, 11) is 0. The Morgan fingerprint density at radius 2 is 1.78 bits per heavy atom. The molecular weight excluding hydrogens is 670 g/mol. The number of hydrogen-bond donors (Lipinski definition) is 1. The Morgan fingerprint density at radius 1 is 1.09 bits per heavy atom. The molecule has 1 aliphatic rings. The topological polar surface area (TPSA) is 50.7 Å². The molecule has 0 spiro atoms. The van der Waals surface area contributed by atoms with E-state index in [0.717, 1.165) is 29.7 Å². The van der Waals surface area contributed by atoms with Gasteiger partial charge in [-0.3, -0.25) is 4.79 Å². The molecule has 0 saturated carbocycles. The van der Waals surface area contributed by atoms with Crippen molar-refractivity contribution in [3.63, 3.8) is 0 Å². The van der Waals surface area contributed by atoms with Crippen LogP contribution in [-0.2, 0) is 11.4 Å². The molecule has 1 aliphatic heterocycles. The van der Waals surface area contributed by atoms with Crippen LogP contribution in [0.4, 0.5) is 5.69 Å². The number of nitrogens with zero attached hydrogens (tertiary/aromatic N) is 1. The summed E-state index contributed by atoms with van der Waals surface area (Å²) in [4.78, 5) is 17.6. The average molecular weight is 687 g/mol. The van der Waals surface area contributed by atoms with E-state index in [1.54, 1.807) is 0 Å². The normalized spacial score (nSPS) is 15.9. The minimum atomic E-state index is -0.148. The lowest BCUT2D eigenvalue weighted by Crippen LogP contribution is -2.19. The predicted molar refractivity (Wildman–Crippen MR) is 150 cm³/mol. The summed E-state index contributed by atoms with van der Waals surface area (Å²) in [6, 6.07) is 19.5. The zero-order chi connectivity index (χ0) is 22.7.